The van der Waals surface area contributed by atoms with Crippen LogP contribution in [0.4, 0.5) is 0 Å². The Balaban J connectivity index is 2.03. The SMILES string of the molecule is O=S1CCN(Cc2cc(O)ccc2Br)CC1. The van der Waals surface area contributed by atoms with Crippen molar-refractivity contribution in [1.82, 2.24) is 4.90 Å². The Morgan fingerprint density at radius 3 is 2.75 bits per heavy atom. The number of rotatable bonds is 2. The van der Waals surface area contributed by atoms with Gasteiger partial charge in [0.25, 0.3) is 0 Å². The van der Waals surface area contributed by atoms with Crippen LogP contribution in [0.5, 0.6) is 5.75 Å². The van der Waals surface area contributed by atoms with Crippen LogP contribution in [0.1, 0.15) is 5.56 Å². The summed E-state index contributed by atoms with van der Waals surface area (Å²) in [5, 5.41) is 9.42. The molecule has 1 fully saturated rings. The first-order chi connectivity index (χ1) is 7.65. The molecule has 1 saturated heterocycles. The molecule has 1 aromatic carbocycles. The van der Waals surface area contributed by atoms with Crippen LogP contribution in [0.2, 0.25) is 0 Å². The number of aromatic hydroxyl groups is 1. The highest BCUT2D eigenvalue weighted by molar-refractivity contribution is 9.10. The summed E-state index contributed by atoms with van der Waals surface area (Å²) in [7, 11) is -0.631. The van der Waals surface area contributed by atoms with Gasteiger partial charge in [0.1, 0.15) is 5.75 Å². The second-order valence-electron chi connectivity index (χ2n) is 3.90. The third kappa shape index (κ3) is 3.06. The molecule has 0 spiro atoms. The van der Waals surface area contributed by atoms with E-state index in [1.807, 2.05) is 6.07 Å². The molecular formula is C11H14BrNO2S. The standard InChI is InChI=1S/C11H14BrNO2S/c12-11-2-1-10(14)7-9(11)8-13-3-5-16(15)6-4-13/h1-2,7,14H,3-6,8H2. The third-order valence-electron chi connectivity index (χ3n) is 2.69. The van der Waals surface area contributed by atoms with E-state index in [-0.39, 0.29) is 0 Å². The zero-order valence-electron chi connectivity index (χ0n) is 8.86. The minimum atomic E-state index is -0.631. The maximum Gasteiger partial charge on any atom is 0.115 e. The van der Waals surface area contributed by atoms with E-state index in [2.05, 4.69) is 20.8 Å². The quantitative estimate of drug-likeness (QED) is 0.904. The molecule has 1 N–H and O–H groups in total. The Hall–Kier alpha value is -0.390. The maximum absolute atomic E-state index is 11.2. The normalized spacial score (nSPS) is 18.8. The van der Waals surface area contributed by atoms with Crippen LogP contribution in [0, 0.1) is 0 Å². The van der Waals surface area contributed by atoms with E-state index in [1.165, 1.54) is 0 Å². The second kappa shape index (κ2) is 5.29. The molecule has 16 heavy (non-hydrogen) atoms. The summed E-state index contributed by atoms with van der Waals surface area (Å²) in [4.78, 5) is 2.26. The van der Waals surface area contributed by atoms with Gasteiger partial charge < -0.3 is 5.11 Å². The van der Waals surface area contributed by atoms with Crippen LogP contribution in [0.15, 0.2) is 22.7 Å². The first-order valence-electron chi connectivity index (χ1n) is 5.20. The molecule has 0 amide bonds. The number of hydrogen-bond acceptors (Lipinski definition) is 3. The Morgan fingerprint density at radius 2 is 2.06 bits per heavy atom. The zero-order valence-corrected chi connectivity index (χ0v) is 11.3. The number of phenolic OH excluding ortho intramolecular Hbond substituents is 1. The molecule has 0 aliphatic carbocycles. The van der Waals surface area contributed by atoms with Crippen LogP contribution >= 0.6 is 15.9 Å². The van der Waals surface area contributed by atoms with Gasteiger partial charge in [-0.2, -0.15) is 0 Å². The number of phenols is 1. The first-order valence-corrected chi connectivity index (χ1v) is 7.48. The molecule has 0 bridgehead atoms. The summed E-state index contributed by atoms with van der Waals surface area (Å²) in [5.41, 5.74) is 1.08. The predicted octanol–water partition coefficient (Wildman–Crippen LogP) is 1.72. The fourth-order valence-electron chi connectivity index (χ4n) is 1.76. The van der Waals surface area contributed by atoms with Gasteiger partial charge in [-0.15, -0.1) is 0 Å². The molecule has 0 aromatic heterocycles. The maximum atomic E-state index is 11.2. The molecule has 3 nitrogen and oxygen atoms in total. The van der Waals surface area contributed by atoms with Crippen LogP contribution in [-0.2, 0) is 17.3 Å². The molecule has 0 saturated carbocycles. The van der Waals surface area contributed by atoms with E-state index in [0.29, 0.717) is 5.75 Å². The van der Waals surface area contributed by atoms with Gasteiger partial charge >= 0.3 is 0 Å². The lowest BCUT2D eigenvalue weighted by Crippen LogP contribution is -2.37. The molecule has 1 heterocycles. The summed E-state index contributed by atoms with van der Waals surface area (Å²) < 4.78 is 12.2. The van der Waals surface area contributed by atoms with E-state index in [9.17, 15) is 9.32 Å². The number of benzene rings is 1. The highest BCUT2D eigenvalue weighted by Crippen LogP contribution is 2.23. The van der Waals surface area contributed by atoms with Gasteiger partial charge in [0.15, 0.2) is 0 Å². The van der Waals surface area contributed by atoms with Gasteiger partial charge in [0, 0.05) is 46.4 Å². The molecule has 1 aliphatic heterocycles. The lowest BCUT2D eigenvalue weighted by atomic mass is 10.2. The molecular weight excluding hydrogens is 290 g/mol. The largest absolute Gasteiger partial charge is 0.508 e. The van der Waals surface area contributed by atoms with Gasteiger partial charge in [0.05, 0.1) is 0 Å². The topological polar surface area (TPSA) is 40.5 Å². The lowest BCUT2D eigenvalue weighted by molar-refractivity contribution is 0.290. The third-order valence-corrected chi connectivity index (χ3v) is 4.74. The molecule has 1 aromatic rings. The molecule has 0 atom stereocenters. The highest BCUT2D eigenvalue weighted by Gasteiger charge is 2.16. The van der Waals surface area contributed by atoms with E-state index >= 15 is 0 Å². The van der Waals surface area contributed by atoms with Crippen molar-refractivity contribution >= 4 is 26.7 Å². The van der Waals surface area contributed by atoms with Gasteiger partial charge in [-0.3, -0.25) is 9.11 Å². The van der Waals surface area contributed by atoms with Crippen LogP contribution in [0.25, 0.3) is 0 Å². The fraction of sp³-hybridized carbons (Fsp3) is 0.455. The minimum Gasteiger partial charge on any atom is -0.508 e. The van der Waals surface area contributed by atoms with Crippen molar-refractivity contribution in [2.75, 3.05) is 24.6 Å². The Labute approximate surface area is 106 Å². The number of halogens is 1. The Kier molecular flexibility index (Phi) is 4.00. The van der Waals surface area contributed by atoms with Crippen molar-refractivity contribution in [3.05, 3.63) is 28.2 Å². The van der Waals surface area contributed by atoms with Crippen LogP contribution in [0.3, 0.4) is 0 Å². The molecule has 5 heteroatoms. The zero-order chi connectivity index (χ0) is 11.5. The van der Waals surface area contributed by atoms with Gasteiger partial charge in [-0.1, -0.05) is 15.9 Å². The molecule has 1 aliphatic rings. The van der Waals surface area contributed by atoms with Crippen molar-refractivity contribution in [3.8, 4) is 5.75 Å². The van der Waals surface area contributed by atoms with E-state index in [1.54, 1.807) is 12.1 Å². The summed E-state index contributed by atoms with van der Waals surface area (Å²) in [5.74, 6) is 1.81. The number of nitrogens with zero attached hydrogens (tertiary/aromatic N) is 1. The van der Waals surface area contributed by atoms with Crippen molar-refractivity contribution in [3.63, 3.8) is 0 Å². The monoisotopic (exact) mass is 303 g/mol. The summed E-state index contributed by atoms with van der Waals surface area (Å²) in [6.07, 6.45) is 0. The minimum absolute atomic E-state index is 0.291. The lowest BCUT2D eigenvalue weighted by Gasteiger charge is -2.26. The van der Waals surface area contributed by atoms with Crippen LogP contribution < -0.4 is 0 Å². The molecule has 0 radical (unpaired) electrons. The van der Waals surface area contributed by atoms with Crippen molar-refractivity contribution in [1.29, 1.82) is 0 Å². The molecule has 2 rings (SSSR count). The van der Waals surface area contributed by atoms with Gasteiger partial charge in [-0.05, 0) is 23.8 Å². The first kappa shape index (κ1) is 12.1. The number of hydrogen-bond donors (Lipinski definition) is 1. The summed E-state index contributed by atoms with van der Waals surface area (Å²) in [6.45, 7) is 2.54. The average molecular weight is 304 g/mol. The van der Waals surface area contributed by atoms with Crippen LogP contribution in [-0.4, -0.2) is 38.8 Å². The second-order valence-corrected chi connectivity index (χ2v) is 6.45. The predicted molar refractivity (Wildman–Crippen MR) is 69.0 cm³/mol. The smallest absolute Gasteiger partial charge is 0.115 e. The fourth-order valence-corrected chi connectivity index (χ4v) is 3.26. The van der Waals surface area contributed by atoms with Gasteiger partial charge in [-0.25, -0.2) is 0 Å². The Bertz CT molecular complexity index is 401. The van der Waals surface area contributed by atoms with E-state index in [4.69, 9.17) is 0 Å². The van der Waals surface area contributed by atoms with Crippen molar-refractivity contribution in [2.24, 2.45) is 0 Å². The Morgan fingerprint density at radius 1 is 1.38 bits per heavy atom. The van der Waals surface area contributed by atoms with E-state index in [0.717, 1.165) is 41.2 Å². The molecule has 0 unspecified atom stereocenters. The summed E-state index contributed by atoms with van der Waals surface area (Å²) in [6, 6.07) is 5.29. The van der Waals surface area contributed by atoms with E-state index < -0.39 is 10.8 Å². The summed E-state index contributed by atoms with van der Waals surface area (Å²) >= 11 is 3.47. The van der Waals surface area contributed by atoms with Crippen molar-refractivity contribution < 1.29 is 9.32 Å². The molecule has 88 valence electrons. The highest BCUT2D eigenvalue weighted by atomic mass is 79.9. The van der Waals surface area contributed by atoms with Gasteiger partial charge in [0.2, 0.25) is 0 Å². The average Bonchev–Trinajstić information content (AvgIpc) is 2.27. The van der Waals surface area contributed by atoms with Crippen molar-refractivity contribution in [2.45, 2.75) is 6.54 Å².